The van der Waals surface area contributed by atoms with Gasteiger partial charge in [0.05, 0.1) is 15.8 Å². The number of halogens is 1. The molecule has 3 aromatic rings. The molecule has 0 saturated heterocycles. The number of hydrogen-bond acceptors (Lipinski definition) is 2. The molecule has 0 amide bonds. The van der Waals surface area contributed by atoms with Gasteiger partial charge in [0.15, 0.2) is 0 Å². The first-order valence-corrected chi connectivity index (χ1v) is 9.73. The summed E-state index contributed by atoms with van der Waals surface area (Å²) in [4.78, 5) is 13.0. The Bertz CT molecular complexity index is 911. The molecule has 0 aliphatic rings. The highest BCUT2D eigenvalue weighted by Crippen LogP contribution is 2.26. The minimum Gasteiger partial charge on any atom is -0.456 e. The Hall–Kier alpha value is -1.80. The maximum absolute atomic E-state index is 13.0. The first-order chi connectivity index (χ1) is 12.2. The summed E-state index contributed by atoms with van der Waals surface area (Å²) in [5.74, 6) is 0. The third kappa shape index (κ3) is 4.07. The molecule has 0 radical (unpaired) electrons. The number of fused-ring (bicyclic) bond motifs is 2. The van der Waals surface area contributed by atoms with Crippen molar-refractivity contribution >= 4 is 33.5 Å². The molecule has 3 heteroatoms. The van der Waals surface area contributed by atoms with Crippen LogP contribution in [-0.2, 0) is 6.42 Å². The van der Waals surface area contributed by atoms with Gasteiger partial charge < -0.3 is 4.42 Å². The number of unbranched alkanes of at least 4 members (excludes halogenated alkanes) is 6. The van der Waals surface area contributed by atoms with Crippen molar-refractivity contribution in [3.05, 3.63) is 57.2 Å². The van der Waals surface area contributed by atoms with E-state index >= 15 is 0 Å². The van der Waals surface area contributed by atoms with Gasteiger partial charge in [-0.05, 0) is 36.6 Å². The molecule has 2 nitrogen and oxygen atoms in total. The van der Waals surface area contributed by atoms with Gasteiger partial charge in [-0.15, -0.1) is 0 Å². The van der Waals surface area contributed by atoms with Gasteiger partial charge in [0, 0.05) is 0 Å². The molecule has 0 saturated carbocycles. The van der Waals surface area contributed by atoms with Gasteiger partial charge in [0.25, 0.3) is 0 Å². The molecular formula is C22H25ClO2. The highest BCUT2D eigenvalue weighted by Gasteiger charge is 2.13. The topological polar surface area (TPSA) is 30.2 Å². The zero-order chi connectivity index (χ0) is 17.6. The van der Waals surface area contributed by atoms with Crippen LogP contribution < -0.4 is 5.43 Å². The SMILES string of the molecule is CCCCCCCCCc1cccc2oc3cccc(Cl)c3c(=O)c12. The van der Waals surface area contributed by atoms with Crippen LogP contribution in [0.5, 0.6) is 0 Å². The number of rotatable bonds is 8. The van der Waals surface area contributed by atoms with Crippen molar-refractivity contribution in [1.29, 1.82) is 0 Å². The van der Waals surface area contributed by atoms with Crippen molar-refractivity contribution in [2.75, 3.05) is 0 Å². The Balaban J connectivity index is 1.82. The molecule has 0 spiro atoms. The summed E-state index contributed by atoms with van der Waals surface area (Å²) in [5, 5.41) is 1.64. The molecule has 1 heterocycles. The molecule has 0 N–H and O–H groups in total. The highest BCUT2D eigenvalue weighted by molar-refractivity contribution is 6.35. The fourth-order valence-corrected chi connectivity index (χ4v) is 3.71. The van der Waals surface area contributed by atoms with Crippen molar-refractivity contribution in [2.24, 2.45) is 0 Å². The van der Waals surface area contributed by atoms with Crippen molar-refractivity contribution in [3.8, 4) is 0 Å². The molecule has 0 aliphatic heterocycles. The maximum Gasteiger partial charge on any atom is 0.202 e. The van der Waals surface area contributed by atoms with Crippen LogP contribution >= 0.6 is 11.6 Å². The van der Waals surface area contributed by atoms with Crippen LogP contribution in [0.25, 0.3) is 21.9 Å². The fourth-order valence-electron chi connectivity index (χ4n) is 3.45. The summed E-state index contributed by atoms with van der Waals surface area (Å²) >= 11 is 6.24. The first-order valence-electron chi connectivity index (χ1n) is 9.35. The Morgan fingerprint density at radius 3 is 2.24 bits per heavy atom. The summed E-state index contributed by atoms with van der Waals surface area (Å²) in [5.41, 5.74) is 2.26. The van der Waals surface area contributed by atoms with E-state index in [-0.39, 0.29) is 5.43 Å². The summed E-state index contributed by atoms with van der Waals surface area (Å²) < 4.78 is 5.94. The van der Waals surface area contributed by atoms with Crippen molar-refractivity contribution in [1.82, 2.24) is 0 Å². The van der Waals surface area contributed by atoms with Crippen LogP contribution in [0.2, 0.25) is 5.02 Å². The Morgan fingerprint density at radius 1 is 0.840 bits per heavy atom. The van der Waals surface area contributed by atoms with Gasteiger partial charge in [-0.2, -0.15) is 0 Å². The lowest BCUT2D eigenvalue weighted by Gasteiger charge is -2.08. The smallest absolute Gasteiger partial charge is 0.202 e. The van der Waals surface area contributed by atoms with Crippen molar-refractivity contribution in [2.45, 2.75) is 58.3 Å². The lowest BCUT2D eigenvalue weighted by atomic mass is 10.00. The van der Waals surface area contributed by atoms with Crippen LogP contribution in [0.4, 0.5) is 0 Å². The molecule has 0 bridgehead atoms. The van der Waals surface area contributed by atoms with Gasteiger partial charge in [0.2, 0.25) is 5.43 Å². The predicted octanol–water partition coefficient (Wildman–Crippen LogP) is 6.89. The Kier molecular flexibility index (Phi) is 6.14. The van der Waals surface area contributed by atoms with Gasteiger partial charge in [-0.25, -0.2) is 0 Å². The molecular weight excluding hydrogens is 332 g/mol. The summed E-state index contributed by atoms with van der Waals surface area (Å²) in [6, 6.07) is 11.2. The maximum atomic E-state index is 13.0. The summed E-state index contributed by atoms with van der Waals surface area (Å²) in [7, 11) is 0. The van der Waals surface area contributed by atoms with E-state index in [2.05, 4.69) is 6.92 Å². The molecule has 0 atom stereocenters. The monoisotopic (exact) mass is 356 g/mol. The summed E-state index contributed by atoms with van der Waals surface area (Å²) in [6.45, 7) is 2.24. The second-order valence-electron chi connectivity index (χ2n) is 6.71. The summed E-state index contributed by atoms with van der Waals surface area (Å²) in [6.07, 6.45) is 9.75. The lowest BCUT2D eigenvalue weighted by molar-refractivity contribution is 0.589. The fraction of sp³-hybridized carbons (Fsp3) is 0.409. The van der Waals surface area contributed by atoms with E-state index in [1.54, 1.807) is 12.1 Å². The number of hydrogen-bond donors (Lipinski definition) is 0. The number of aryl methyl sites for hydroxylation is 1. The van der Waals surface area contributed by atoms with E-state index in [9.17, 15) is 4.79 Å². The van der Waals surface area contributed by atoms with Crippen LogP contribution in [0, 0.1) is 0 Å². The van der Waals surface area contributed by atoms with Gasteiger partial charge in [-0.3, -0.25) is 4.79 Å². The van der Waals surface area contributed by atoms with E-state index < -0.39 is 0 Å². The second-order valence-corrected chi connectivity index (χ2v) is 7.11. The van der Waals surface area contributed by atoms with E-state index in [0.29, 0.717) is 27.0 Å². The Morgan fingerprint density at radius 2 is 1.48 bits per heavy atom. The zero-order valence-electron chi connectivity index (χ0n) is 14.8. The van der Waals surface area contributed by atoms with Crippen molar-refractivity contribution < 1.29 is 4.42 Å². The molecule has 2 aromatic carbocycles. The lowest BCUT2D eigenvalue weighted by Crippen LogP contribution is -2.06. The highest BCUT2D eigenvalue weighted by atomic mass is 35.5. The minimum absolute atomic E-state index is 0.0135. The van der Waals surface area contributed by atoms with Gasteiger partial charge in [-0.1, -0.05) is 75.2 Å². The molecule has 3 rings (SSSR count). The van der Waals surface area contributed by atoms with E-state index in [4.69, 9.17) is 16.0 Å². The third-order valence-electron chi connectivity index (χ3n) is 4.81. The average Bonchev–Trinajstić information content (AvgIpc) is 2.61. The standard InChI is InChI=1S/C22H25ClO2/c1-2-3-4-5-6-7-8-11-16-12-9-14-18-20(16)22(24)21-17(23)13-10-15-19(21)25-18/h9-10,12-15H,2-8,11H2,1H3. The molecule has 1 aromatic heterocycles. The molecule has 0 unspecified atom stereocenters. The minimum atomic E-state index is -0.0135. The molecule has 25 heavy (non-hydrogen) atoms. The first kappa shape index (κ1) is 18.0. The normalized spacial score (nSPS) is 11.4. The third-order valence-corrected chi connectivity index (χ3v) is 5.13. The zero-order valence-corrected chi connectivity index (χ0v) is 15.6. The molecule has 0 fully saturated rings. The van der Waals surface area contributed by atoms with E-state index in [0.717, 1.165) is 18.4 Å². The largest absolute Gasteiger partial charge is 0.456 e. The van der Waals surface area contributed by atoms with Gasteiger partial charge >= 0.3 is 0 Å². The average molecular weight is 357 g/mol. The number of benzene rings is 2. The molecule has 132 valence electrons. The quantitative estimate of drug-likeness (QED) is 0.325. The van der Waals surface area contributed by atoms with Crippen LogP contribution in [0.3, 0.4) is 0 Å². The van der Waals surface area contributed by atoms with Gasteiger partial charge in [0.1, 0.15) is 11.2 Å². The van der Waals surface area contributed by atoms with Crippen LogP contribution in [-0.4, -0.2) is 0 Å². The van der Waals surface area contributed by atoms with Crippen LogP contribution in [0.1, 0.15) is 57.4 Å². The predicted molar refractivity (Wildman–Crippen MR) is 107 cm³/mol. The molecule has 0 aliphatic carbocycles. The Labute approximate surface area is 153 Å². The van der Waals surface area contributed by atoms with E-state index in [1.165, 1.54) is 38.5 Å². The van der Waals surface area contributed by atoms with Crippen LogP contribution in [0.15, 0.2) is 45.6 Å². The van der Waals surface area contributed by atoms with Crippen molar-refractivity contribution in [3.63, 3.8) is 0 Å². The van der Waals surface area contributed by atoms with E-state index in [1.807, 2.05) is 24.3 Å². The second kappa shape index (κ2) is 8.53.